The van der Waals surface area contributed by atoms with Crippen molar-refractivity contribution in [1.29, 1.82) is 0 Å². The van der Waals surface area contributed by atoms with Gasteiger partial charge in [-0.3, -0.25) is 4.90 Å². The van der Waals surface area contributed by atoms with Gasteiger partial charge in [0.15, 0.2) is 0 Å². The van der Waals surface area contributed by atoms with E-state index < -0.39 is 5.97 Å². The van der Waals surface area contributed by atoms with Gasteiger partial charge in [0.1, 0.15) is 0 Å². The van der Waals surface area contributed by atoms with Crippen LogP contribution in [0.5, 0.6) is 0 Å². The number of nitrogens with zero attached hydrogens (tertiary/aromatic N) is 3. The number of ether oxygens (including phenoxy) is 1. The largest absolute Gasteiger partial charge is 0.462 e. The molecule has 7 nitrogen and oxygen atoms in total. The smallest absolute Gasteiger partial charge is 0.341 e. The minimum Gasteiger partial charge on any atom is -0.462 e. The minimum atomic E-state index is -0.415. The van der Waals surface area contributed by atoms with Gasteiger partial charge in [0.05, 0.1) is 58.1 Å². The molecule has 0 bridgehead atoms. The number of H-pyrrole nitrogens is 1. The maximum Gasteiger partial charge on any atom is 0.341 e. The van der Waals surface area contributed by atoms with Gasteiger partial charge in [-0.15, -0.1) is 0 Å². The minimum absolute atomic E-state index is 0.0518. The second-order valence-electron chi connectivity index (χ2n) is 10.6. The number of benzene rings is 1. The molecule has 2 aliphatic heterocycles. The first kappa shape index (κ1) is 25.8. The van der Waals surface area contributed by atoms with Crippen molar-refractivity contribution >= 4 is 28.5 Å². The number of esters is 1. The lowest BCUT2D eigenvalue weighted by Crippen LogP contribution is -2.58. The number of carbonyl (C=O) groups excluding carboxylic acids is 2. The van der Waals surface area contributed by atoms with E-state index >= 15 is 0 Å². The normalized spacial score (nSPS) is 18.9. The van der Waals surface area contributed by atoms with Gasteiger partial charge in [-0.1, -0.05) is 52.3 Å². The molecule has 0 radical (unpaired) electrons. The molecule has 0 spiro atoms. The Balaban J connectivity index is 0.00000103. The molecule has 1 aromatic carbocycles. The molecule has 186 valence electrons. The SMILES string of the molecule is CCC.CCOC(=O)C1=CN(C(=O)N2CC[N+](C)(C)CC2)CC(C)(C)c2c1[nH]c1ccccc21. The first-order valence-corrected chi connectivity index (χ1v) is 12.4. The van der Waals surface area contributed by atoms with E-state index in [0.29, 0.717) is 25.2 Å². The van der Waals surface area contributed by atoms with Crippen LogP contribution in [0.1, 0.15) is 52.3 Å². The van der Waals surface area contributed by atoms with Gasteiger partial charge in [0, 0.05) is 29.1 Å². The van der Waals surface area contributed by atoms with Gasteiger partial charge in [-0.2, -0.15) is 0 Å². The first-order chi connectivity index (χ1) is 16.0. The summed E-state index contributed by atoms with van der Waals surface area (Å²) in [4.78, 5) is 33.5. The zero-order valence-electron chi connectivity index (χ0n) is 21.9. The Kier molecular flexibility index (Phi) is 7.76. The average Bonchev–Trinajstić information content (AvgIpc) is 3.11. The van der Waals surface area contributed by atoms with Crippen LogP contribution in [0.2, 0.25) is 0 Å². The molecule has 3 heterocycles. The Morgan fingerprint density at radius 1 is 1.09 bits per heavy atom. The monoisotopic (exact) mass is 469 g/mol. The second kappa shape index (κ2) is 10.2. The van der Waals surface area contributed by atoms with Crippen LogP contribution in [0, 0.1) is 0 Å². The Morgan fingerprint density at radius 2 is 1.71 bits per heavy atom. The van der Waals surface area contributed by atoms with Crippen LogP contribution in [0.25, 0.3) is 16.5 Å². The van der Waals surface area contributed by atoms with Gasteiger partial charge < -0.3 is 19.1 Å². The molecule has 0 atom stereocenters. The lowest BCUT2D eigenvalue weighted by atomic mass is 9.82. The van der Waals surface area contributed by atoms with Crippen molar-refractivity contribution in [2.75, 3.05) is 53.4 Å². The van der Waals surface area contributed by atoms with Crippen LogP contribution in [0.15, 0.2) is 30.5 Å². The highest BCUT2D eigenvalue weighted by molar-refractivity contribution is 6.18. The van der Waals surface area contributed by atoms with Crippen molar-refractivity contribution in [3.8, 4) is 0 Å². The third kappa shape index (κ3) is 5.30. The van der Waals surface area contributed by atoms with E-state index in [9.17, 15) is 9.59 Å². The van der Waals surface area contributed by atoms with Gasteiger partial charge in [-0.25, -0.2) is 9.59 Å². The molecule has 0 saturated carbocycles. The fraction of sp³-hybridized carbons (Fsp3) is 0.556. The molecule has 0 aliphatic carbocycles. The van der Waals surface area contributed by atoms with Crippen molar-refractivity contribution in [3.05, 3.63) is 41.7 Å². The molecular formula is C27H41N4O3+. The number of carbonyl (C=O) groups is 2. The number of aromatic amines is 1. The lowest BCUT2D eigenvalue weighted by molar-refractivity contribution is -0.894. The lowest BCUT2D eigenvalue weighted by Gasteiger charge is -2.41. The number of quaternary nitrogens is 1. The van der Waals surface area contributed by atoms with Crippen LogP contribution in [0.4, 0.5) is 4.79 Å². The summed E-state index contributed by atoms with van der Waals surface area (Å²) in [5, 5.41) is 1.07. The van der Waals surface area contributed by atoms with Gasteiger partial charge in [0.2, 0.25) is 0 Å². The third-order valence-electron chi connectivity index (χ3n) is 6.46. The highest BCUT2D eigenvalue weighted by Crippen LogP contribution is 2.40. The Hall–Kier alpha value is -2.80. The van der Waals surface area contributed by atoms with Crippen LogP contribution < -0.4 is 0 Å². The van der Waals surface area contributed by atoms with Crippen LogP contribution in [-0.2, 0) is 14.9 Å². The fourth-order valence-electron chi connectivity index (χ4n) is 4.68. The number of likely N-dealkylation sites (N-methyl/N-ethyl adjacent to an activating group) is 1. The van der Waals surface area contributed by atoms with Crippen molar-refractivity contribution in [2.45, 2.75) is 46.5 Å². The second-order valence-corrected chi connectivity index (χ2v) is 10.6. The van der Waals surface area contributed by atoms with Gasteiger partial charge in [-0.05, 0) is 18.6 Å². The molecule has 1 N–H and O–H groups in total. The first-order valence-electron chi connectivity index (χ1n) is 12.4. The molecule has 34 heavy (non-hydrogen) atoms. The summed E-state index contributed by atoms with van der Waals surface area (Å²) < 4.78 is 6.29. The fourth-order valence-corrected chi connectivity index (χ4v) is 4.68. The van der Waals surface area contributed by atoms with E-state index in [0.717, 1.165) is 39.7 Å². The molecule has 4 rings (SSSR count). The number of hydrogen-bond acceptors (Lipinski definition) is 3. The molecule has 2 aliphatic rings. The van der Waals surface area contributed by atoms with E-state index in [-0.39, 0.29) is 18.1 Å². The number of urea groups is 1. The number of para-hydroxylation sites is 1. The summed E-state index contributed by atoms with van der Waals surface area (Å²) in [5.74, 6) is -0.415. The van der Waals surface area contributed by atoms with E-state index in [2.05, 4.69) is 52.8 Å². The number of nitrogens with one attached hydrogen (secondary N) is 1. The molecular weight excluding hydrogens is 428 g/mol. The van der Waals surface area contributed by atoms with Crippen LogP contribution in [-0.4, -0.2) is 84.7 Å². The zero-order chi connectivity index (χ0) is 25.1. The predicted molar refractivity (Wildman–Crippen MR) is 137 cm³/mol. The Morgan fingerprint density at radius 3 is 2.32 bits per heavy atom. The summed E-state index contributed by atoms with van der Waals surface area (Å²) in [7, 11) is 4.38. The third-order valence-corrected chi connectivity index (χ3v) is 6.46. The van der Waals surface area contributed by atoms with Crippen molar-refractivity contribution in [1.82, 2.24) is 14.8 Å². The topological polar surface area (TPSA) is 65.6 Å². The molecule has 0 unspecified atom stereocenters. The van der Waals surface area contributed by atoms with Crippen LogP contribution in [0.3, 0.4) is 0 Å². The molecule has 1 saturated heterocycles. The van der Waals surface area contributed by atoms with E-state index in [1.54, 1.807) is 18.0 Å². The van der Waals surface area contributed by atoms with Crippen LogP contribution >= 0.6 is 0 Å². The zero-order valence-corrected chi connectivity index (χ0v) is 21.9. The molecule has 2 aromatic rings. The highest BCUT2D eigenvalue weighted by Gasteiger charge is 2.39. The molecule has 2 amide bonds. The Labute approximate surface area is 203 Å². The number of piperazine rings is 1. The number of hydrogen-bond donors (Lipinski definition) is 1. The van der Waals surface area contributed by atoms with Crippen molar-refractivity contribution in [3.63, 3.8) is 0 Å². The standard InChI is InChI=1S/C24H33N4O3.C3H8/c1-6-31-22(29)18-15-27(23(30)26-11-13-28(4,5)14-12-26)16-24(2,3)20-17-9-7-8-10-19(17)25-21(18)20;1-3-2/h7-10,15,25H,6,11-14,16H2,1-5H3;3H2,1-2H3/q+1;. The van der Waals surface area contributed by atoms with E-state index in [1.807, 2.05) is 23.1 Å². The highest BCUT2D eigenvalue weighted by atomic mass is 16.5. The summed E-state index contributed by atoms with van der Waals surface area (Å²) in [6.07, 6.45) is 2.94. The average molecular weight is 470 g/mol. The summed E-state index contributed by atoms with van der Waals surface area (Å²) in [6.45, 7) is 14.3. The number of fused-ring (bicyclic) bond motifs is 3. The van der Waals surface area contributed by atoms with E-state index in [4.69, 9.17) is 4.74 Å². The van der Waals surface area contributed by atoms with E-state index in [1.165, 1.54) is 6.42 Å². The number of amides is 2. The van der Waals surface area contributed by atoms with Gasteiger partial charge in [0.25, 0.3) is 0 Å². The summed E-state index contributed by atoms with van der Waals surface area (Å²) >= 11 is 0. The maximum atomic E-state index is 13.5. The number of rotatable bonds is 2. The molecule has 1 aromatic heterocycles. The number of aromatic nitrogens is 1. The van der Waals surface area contributed by atoms with Crippen molar-refractivity contribution in [2.24, 2.45) is 0 Å². The molecule has 1 fully saturated rings. The Bertz CT molecular complexity index is 1060. The van der Waals surface area contributed by atoms with Crippen molar-refractivity contribution < 1.29 is 18.8 Å². The quantitative estimate of drug-likeness (QED) is 0.517. The maximum absolute atomic E-state index is 13.5. The molecule has 7 heteroatoms. The summed E-state index contributed by atoms with van der Waals surface area (Å²) in [6, 6.07) is 8.01. The summed E-state index contributed by atoms with van der Waals surface area (Å²) in [5.41, 5.74) is 2.82. The predicted octanol–water partition coefficient (Wildman–Crippen LogP) is 4.59. The van der Waals surface area contributed by atoms with Gasteiger partial charge >= 0.3 is 12.0 Å².